The molecule has 1 aromatic heterocycles. The third-order valence-corrected chi connectivity index (χ3v) is 2.51. The van der Waals surface area contributed by atoms with Gasteiger partial charge in [0.05, 0.1) is 11.7 Å². The Labute approximate surface area is 95.5 Å². The Hall–Kier alpha value is -1.46. The number of nitrogens with zero attached hydrogens (tertiary/aromatic N) is 2. The molecule has 0 aliphatic heterocycles. The Bertz CT molecular complexity index is 609. The molecule has 16 heavy (non-hydrogen) atoms. The lowest BCUT2D eigenvalue weighted by Crippen LogP contribution is -2.30. The fourth-order valence-corrected chi connectivity index (χ4v) is 1.85. The molecule has 0 aliphatic carbocycles. The maximum Gasteiger partial charge on any atom is 0.266 e. The first-order valence-corrected chi connectivity index (χ1v) is 5.02. The van der Waals surface area contributed by atoms with E-state index in [2.05, 4.69) is 4.98 Å². The maximum atomic E-state index is 13.5. The Morgan fingerprint density at radius 3 is 2.88 bits per heavy atom. The highest BCUT2D eigenvalue weighted by Crippen LogP contribution is 2.15. The van der Waals surface area contributed by atoms with Crippen LogP contribution in [0, 0.1) is 5.82 Å². The summed E-state index contributed by atoms with van der Waals surface area (Å²) in [5, 5.41) is -0.137. The molecule has 2 N–H and O–H groups in total. The average Bonchev–Trinajstić information content (AvgIpc) is 2.15. The van der Waals surface area contributed by atoms with Crippen LogP contribution in [0.1, 0.15) is 13.1 Å². The standard InChI is InChI=1S/C10H9ClFN3O/c1-5(13)15-9(16)8-6(12)3-2-4-7(8)14-10(15)11/h2-5H,13H2,1H3. The zero-order valence-corrected chi connectivity index (χ0v) is 9.20. The van der Waals surface area contributed by atoms with Gasteiger partial charge in [0, 0.05) is 0 Å². The molecule has 84 valence electrons. The second-order valence-electron chi connectivity index (χ2n) is 3.43. The van der Waals surface area contributed by atoms with Crippen LogP contribution in [0.5, 0.6) is 0 Å². The number of halogens is 2. The summed E-state index contributed by atoms with van der Waals surface area (Å²) in [5.41, 5.74) is 5.23. The molecule has 1 heterocycles. The lowest BCUT2D eigenvalue weighted by Gasteiger charge is -2.12. The third-order valence-electron chi connectivity index (χ3n) is 2.24. The molecule has 0 amide bonds. The molecule has 4 nitrogen and oxygen atoms in total. The van der Waals surface area contributed by atoms with Gasteiger partial charge in [0.15, 0.2) is 0 Å². The van der Waals surface area contributed by atoms with Crippen molar-refractivity contribution in [2.24, 2.45) is 5.73 Å². The van der Waals surface area contributed by atoms with E-state index >= 15 is 0 Å². The van der Waals surface area contributed by atoms with Crippen LogP contribution in [0.15, 0.2) is 23.0 Å². The van der Waals surface area contributed by atoms with E-state index in [0.29, 0.717) is 0 Å². The number of hydrogen-bond donors (Lipinski definition) is 1. The van der Waals surface area contributed by atoms with Crippen molar-refractivity contribution >= 4 is 22.5 Å². The normalized spacial score (nSPS) is 13.0. The molecule has 0 spiro atoms. The van der Waals surface area contributed by atoms with Crippen molar-refractivity contribution in [1.29, 1.82) is 0 Å². The highest BCUT2D eigenvalue weighted by atomic mass is 35.5. The summed E-state index contributed by atoms with van der Waals surface area (Å²) in [6, 6.07) is 4.19. The van der Waals surface area contributed by atoms with E-state index < -0.39 is 17.5 Å². The van der Waals surface area contributed by atoms with E-state index in [1.165, 1.54) is 18.2 Å². The Kier molecular flexibility index (Phi) is 2.65. The largest absolute Gasteiger partial charge is 0.311 e. The number of hydrogen-bond acceptors (Lipinski definition) is 3. The number of nitrogens with two attached hydrogens (primary N) is 1. The lowest BCUT2D eigenvalue weighted by molar-refractivity contribution is 0.545. The van der Waals surface area contributed by atoms with Gasteiger partial charge in [-0.3, -0.25) is 9.36 Å². The summed E-state index contributed by atoms with van der Waals surface area (Å²) >= 11 is 5.81. The summed E-state index contributed by atoms with van der Waals surface area (Å²) in [7, 11) is 0. The SMILES string of the molecule is CC(N)n1c(Cl)nc2cccc(F)c2c1=O. The van der Waals surface area contributed by atoms with Crippen molar-refractivity contribution in [2.45, 2.75) is 13.1 Å². The molecule has 2 rings (SSSR count). The van der Waals surface area contributed by atoms with Crippen LogP contribution in [0.4, 0.5) is 4.39 Å². The molecular weight excluding hydrogens is 233 g/mol. The van der Waals surface area contributed by atoms with Crippen molar-refractivity contribution in [2.75, 3.05) is 0 Å². The molecular formula is C10H9ClFN3O. The summed E-state index contributed by atoms with van der Waals surface area (Å²) in [4.78, 5) is 15.9. The van der Waals surface area contributed by atoms with E-state index in [1.54, 1.807) is 6.92 Å². The lowest BCUT2D eigenvalue weighted by atomic mass is 10.2. The zero-order chi connectivity index (χ0) is 11.9. The topological polar surface area (TPSA) is 60.9 Å². The quantitative estimate of drug-likeness (QED) is 0.773. The van der Waals surface area contributed by atoms with Crippen LogP contribution < -0.4 is 11.3 Å². The van der Waals surface area contributed by atoms with E-state index in [1.807, 2.05) is 0 Å². The second-order valence-corrected chi connectivity index (χ2v) is 3.77. The van der Waals surface area contributed by atoms with E-state index in [-0.39, 0.29) is 16.2 Å². The summed E-state index contributed by atoms with van der Waals surface area (Å²) in [6.07, 6.45) is -0.656. The minimum Gasteiger partial charge on any atom is -0.311 e. The Morgan fingerprint density at radius 2 is 2.25 bits per heavy atom. The second kappa shape index (κ2) is 3.84. The van der Waals surface area contributed by atoms with Crippen molar-refractivity contribution in [3.8, 4) is 0 Å². The number of benzene rings is 1. The predicted octanol–water partition coefficient (Wildman–Crippen LogP) is 1.67. The van der Waals surface area contributed by atoms with Crippen molar-refractivity contribution in [3.63, 3.8) is 0 Å². The minimum absolute atomic E-state index is 0.0434. The molecule has 0 radical (unpaired) electrons. The Morgan fingerprint density at radius 1 is 1.56 bits per heavy atom. The van der Waals surface area contributed by atoms with Crippen LogP contribution in [0.2, 0.25) is 5.28 Å². The van der Waals surface area contributed by atoms with Gasteiger partial charge in [-0.15, -0.1) is 0 Å². The van der Waals surface area contributed by atoms with Gasteiger partial charge in [-0.1, -0.05) is 6.07 Å². The maximum absolute atomic E-state index is 13.5. The fourth-order valence-electron chi connectivity index (χ4n) is 1.53. The van der Waals surface area contributed by atoms with Gasteiger partial charge in [-0.2, -0.15) is 0 Å². The van der Waals surface area contributed by atoms with E-state index in [9.17, 15) is 9.18 Å². The molecule has 0 saturated carbocycles. The molecule has 0 fully saturated rings. The van der Waals surface area contributed by atoms with Crippen LogP contribution in [0.3, 0.4) is 0 Å². The molecule has 6 heteroatoms. The number of fused-ring (bicyclic) bond motifs is 1. The predicted molar refractivity (Wildman–Crippen MR) is 59.9 cm³/mol. The number of aromatic nitrogens is 2. The summed E-state index contributed by atoms with van der Waals surface area (Å²) < 4.78 is 14.5. The van der Waals surface area contributed by atoms with Crippen LogP contribution in [-0.4, -0.2) is 9.55 Å². The zero-order valence-electron chi connectivity index (χ0n) is 8.45. The van der Waals surface area contributed by atoms with Gasteiger partial charge in [0.2, 0.25) is 5.28 Å². The highest BCUT2D eigenvalue weighted by Gasteiger charge is 2.14. The fraction of sp³-hybridized carbons (Fsp3) is 0.200. The smallest absolute Gasteiger partial charge is 0.266 e. The third kappa shape index (κ3) is 1.58. The van der Waals surface area contributed by atoms with Gasteiger partial charge in [-0.05, 0) is 30.7 Å². The average molecular weight is 242 g/mol. The molecule has 0 bridgehead atoms. The Balaban J connectivity index is 2.97. The molecule has 1 atom stereocenters. The molecule has 0 aliphatic rings. The summed E-state index contributed by atoms with van der Waals surface area (Å²) in [6.45, 7) is 1.57. The molecule has 2 aromatic rings. The highest BCUT2D eigenvalue weighted by molar-refractivity contribution is 6.28. The first kappa shape index (κ1) is 11.0. The van der Waals surface area contributed by atoms with Crippen LogP contribution >= 0.6 is 11.6 Å². The van der Waals surface area contributed by atoms with Crippen LogP contribution in [-0.2, 0) is 0 Å². The van der Waals surface area contributed by atoms with Crippen LogP contribution in [0.25, 0.3) is 10.9 Å². The van der Waals surface area contributed by atoms with Crippen molar-refractivity contribution < 1.29 is 4.39 Å². The summed E-state index contributed by atoms with van der Waals surface area (Å²) in [5.74, 6) is -0.624. The molecule has 1 unspecified atom stereocenters. The van der Waals surface area contributed by atoms with Gasteiger partial charge in [0.1, 0.15) is 11.2 Å². The first-order valence-electron chi connectivity index (χ1n) is 4.64. The van der Waals surface area contributed by atoms with Gasteiger partial charge < -0.3 is 5.73 Å². The monoisotopic (exact) mass is 241 g/mol. The van der Waals surface area contributed by atoms with Gasteiger partial charge in [-0.25, -0.2) is 9.37 Å². The number of rotatable bonds is 1. The van der Waals surface area contributed by atoms with Gasteiger partial charge >= 0.3 is 0 Å². The molecule has 0 saturated heterocycles. The van der Waals surface area contributed by atoms with Crippen molar-refractivity contribution in [1.82, 2.24) is 9.55 Å². The van der Waals surface area contributed by atoms with Crippen molar-refractivity contribution in [3.05, 3.63) is 39.7 Å². The first-order chi connectivity index (χ1) is 7.52. The van der Waals surface area contributed by atoms with E-state index in [4.69, 9.17) is 17.3 Å². The van der Waals surface area contributed by atoms with E-state index in [0.717, 1.165) is 4.57 Å². The minimum atomic E-state index is -0.656. The van der Waals surface area contributed by atoms with Gasteiger partial charge in [0.25, 0.3) is 5.56 Å². The molecule has 1 aromatic carbocycles.